The van der Waals surface area contributed by atoms with Crippen LogP contribution in [0.25, 0.3) is 0 Å². The first kappa shape index (κ1) is 12.5. The van der Waals surface area contributed by atoms with Gasteiger partial charge in [-0.15, -0.1) is 0 Å². The van der Waals surface area contributed by atoms with Gasteiger partial charge in [-0.25, -0.2) is 9.78 Å². The zero-order valence-electron chi connectivity index (χ0n) is 8.88. The van der Waals surface area contributed by atoms with Crippen LogP contribution in [-0.4, -0.2) is 22.0 Å². The first-order valence-electron chi connectivity index (χ1n) is 4.83. The molecule has 0 radical (unpaired) electrons. The number of anilines is 1. The Morgan fingerprint density at radius 3 is 2.50 bits per heavy atom. The number of halogens is 1. The van der Waals surface area contributed by atoms with E-state index in [1.54, 1.807) is 12.1 Å². The Bertz CT molecular complexity index is 612. The first-order chi connectivity index (χ1) is 8.58. The Hall–Kier alpha value is -1.92. The lowest BCUT2D eigenvalue weighted by atomic mass is 10.1. The third-order valence-electron chi connectivity index (χ3n) is 2.10. The number of aromatic nitrogens is 1. The lowest BCUT2D eigenvalue weighted by Crippen LogP contribution is -2.16. The molecule has 0 aliphatic carbocycles. The zero-order chi connectivity index (χ0) is 13.1. The molecule has 0 fully saturated rings. The molecule has 0 spiro atoms. The Kier molecular flexibility index (Phi) is 3.59. The molecule has 7 heteroatoms. The van der Waals surface area contributed by atoms with E-state index in [-0.39, 0.29) is 11.1 Å². The highest BCUT2D eigenvalue weighted by molar-refractivity contribution is 7.19. The minimum Gasteiger partial charge on any atom is -0.478 e. The maximum absolute atomic E-state index is 11.9. The number of rotatable bonds is 3. The predicted molar refractivity (Wildman–Crippen MR) is 68.5 cm³/mol. The van der Waals surface area contributed by atoms with Crippen LogP contribution in [0.4, 0.5) is 5.13 Å². The first-order valence-corrected chi connectivity index (χ1v) is 6.02. The van der Waals surface area contributed by atoms with Crippen LogP contribution in [0, 0.1) is 0 Å². The maximum atomic E-state index is 11.9. The molecule has 1 heterocycles. The number of benzene rings is 1. The van der Waals surface area contributed by atoms with Gasteiger partial charge in [-0.3, -0.25) is 10.1 Å². The molecule has 2 N–H and O–H groups in total. The minimum atomic E-state index is -1.15. The Labute approximate surface area is 111 Å². The van der Waals surface area contributed by atoms with Crippen molar-refractivity contribution in [2.45, 2.75) is 0 Å². The average Bonchev–Trinajstić information content (AvgIpc) is 2.74. The molecule has 0 saturated carbocycles. The molecule has 0 unspecified atom stereocenters. The van der Waals surface area contributed by atoms with E-state index in [0.717, 1.165) is 11.3 Å². The summed E-state index contributed by atoms with van der Waals surface area (Å²) in [6.07, 6.45) is 1.41. The summed E-state index contributed by atoms with van der Waals surface area (Å²) >= 11 is 6.78. The number of amides is 1. The van der Waals surface area contributed by atoms with E-state index in [1.807, 2.05) is 0 Å². The second kappa shape index (κ2) is 5.16. The zero-order valence-corrected chi connectivity index (χ0v) is 10.5. The number of hydrogen-bond donors (Lipinski definition) is 2. The maximum Gasteiger partial charge on any atom is 0.336 e. The minimum absolute atomic E-state index is 0.0577. The van der Waals surface area contributed by atoms with Gasteiger partial charge in [-0.05, 0) is 12.1 Å². The van der Waals surface area contributed by atoms with E-state index in [2.05, 4.69) is 10.3 Å². The van der Waals surface area contributed by atoms with Crippen molar-refractivity contribution in [1.82, 2.24) is 4.98 Å². The van der Waals surface area contributed by atoms with Crippen molar-refractivity contribution < 1.29 is 14.7 Å². The molecule has 1 aromatic carbocycles. The van der Waals surface area contributed by atoms with E-state index in [0.29, 0.717) is 9.47 Å². The summed E-state index contributed by atoms with van der Waals surface area (Å²) < 4.78 is 0.441. The fraction of sp³-hybridized carbons (Fsp3) is 0. The third kappa shape index (κ3) is 2.66. The Morgan fingerprint density at radius 1 is 1.28 bits per heavy atom. The van der Waals surface area contributed by atoms with Crippen molar-refractivity contribution in [3.8, 4) is 0 Å². The number of carbonyl (C=O) groups excluding carboxylic acids is 1. The van der Waals surface area contributed by atoms with Crippen LogP contribution in [0.1, 0.15) is 20.7 Å². The largest absolute Gasteiger partial charge is 0.478 e. The van der Waals surface area contributed by atoms with Crippen molar-refractivity contribution in [2.24, 2.45) is 0 Å². The molecule has 0 atom stereocenters. The molecular weight excluding hydrogens is 276 g/mol. The highest BCUT2D eigenvalue weighted by atomic mass is 35.5. The van der Waals surface area contributed by atoms with Crippen molar-refractivity contribution >= 4 is 39.9 Å². The summed E-state index contributed by atoms with van der Waals surface area (Å²) in [6.45, 7) is 0. The van der Waals surface area contributed by atoms with Gasteiger partial charge in [0.15, 0.2) is 5.13 Å². The van der Waals surface area contributed by atoms with Crippen LogP contribution in [-0.2, 0) is 0 Å². The number of aromatic carboxylic acids is 1. The van der Waals surface area contributed by atoms with Gasteiger partial charge in [0.25, 0.3) is 5.91 Å². The molecule has 18 heavy (non-hydrogen) atoms. The molecule has 1 amide bonds. The quantitative estimate of drug-likeness (QED) is 0.907. The topological polar surface area (TPSA) is 79.3 Å². The van der Waals surface area contributed by atoms with E-state index in [4.69, 9.17) is 16.7 Å². The number of carboxylic acids is 1. The van der Waals surface area contributed by atoms with Crippen LogP contribution >= 0.6 is 22.9 Å². The second-order valence-corrected chi connectivity index (χ2v) is 4.94. The number of thiazole rings is 1. The van der Waals surface area contributed by atoms with Gasteiger partial charge in [0.2, 0.25) is 0 Å². The summed E-state index contributed by atoms with van der Waals surface area (Å²) in [6, 6.07) is 5.96. The second-order valence-electron chi connectivity index (χ2n) is 3.27. The lowest BCUT2D eigenvalue weighted by Gasteiger charge is -2.04. The Balaban J connectivity index is 2.26. The molecule has 0 aliphatic heterocycles. The summed E-state index contributed by atoms with van der Waals surface area (Å²) in [5.74, 6) is -1.68. The van der Waals surface area contributed by atoms with Crippen molar-refractivity contribution in [3.63, 3.8) is 0 Å². The monoisotopic (exact) mass is 282 g/mol. The molecule has 0 saturated heterocycles. The summed E-state index contributed by atoms with van der Waals surface area (Å²) in [5, 5.41) is 11.8. The lowest BCUT2D eigenvalue weighted by molar-refractivity contribution is 0.0692. The van der Waals surface area contributed by atoms with Crippen LogP contribution in [0.3, 0.4) is 0 Å². The third-order valence-corrected chi connectivity index (χ3v) is 3.13. The molecular formula is C11H7ClN2O3S. The van der Waals surface area contributed by atoms with Crippen molar-refractivity contribution in [3.05, 3.63) is 45.9 Å². The fourth-order valence-electron chi connectivity index (χ4n) is 1.34. The van der Waals surface area contributed by atoms with Gasteiger partial charge in [0, 0.05) is 0 Å². The number of carboxylic acid groups (broad SMARTS) is 1. The van der Waals surface area contributed by atoms with Crippen LogP contribution in [0.15, 0.2) is 30.5 Å². The van der Waals surface area contributed by atoms with Crippen LogP contribution < -0.4 is 5.32 Å². The van der Waals surface area contributed by atoms with Crippen LogP contribution in [0.5, 0.6) is 0 Å². The van der Waals surface area contributed by atoms with Gasteiger partial charge in [0.1, 0.15) is 4.34 Å². The SMILES string of the molecule is O=C(O)c1ccccc1C(=O)Nc1ncc(Cl)s1. The summed E-state index contributed by atoms with van der Waals surface area (Å²) in [7, 11) is 0. The van der Waals surface area contributed by atoms with Gasteiger partial charge in [-0.1, -0.05) is 35.1 Å². The van der Waals surface area contributed by atoms with E-state index in [9.17, 15) is 9.59 Å². The number of hydrogen-bond acceptors (Lipinski definition) is 4. The number of nitrogens with one attached hydrogen (secondary N) is 1. The molecule has 5 nitrogen and oxygen atoms in total. The normalized spacial score (nSPS) is 10.1. The molecule has 1 aromatic heterocycles. The van der Waals surface area contributed by atoms with Gasteiger partial charge in [-0.2, -0.15) is 0 Å². The summed E-state index contributed by atoms with van der Waals surface area (Å²) in [4.78, 5) is 26.7. The van der Waals surface area contributed by atoms with E-state index < -0.39 is 11.9 Å². The van der Waals surface area contributed by atoms with Crippen LogP contribution in [0.2, 0.25) is 4.34 Å². The fourth-order valence-corrected chi connectivity index (χ4v) is 2.15. The molecule has 0 aliphatic rings. The van der Waals surface area contributed by atoms with Crippen molar-refractivity contribution in [1.29, 1.82) is 0 Å². The van der Waals surface area contributed by atoms with Gasteiger partial charge < -0.3 is 5.11 Å². The van der Waals surface area contributed by atoms with Gasteiger partial charge in [0.05, 0.1) is 17.3 Å². The van der Waals surface area contributed by atoms with E-state index in [1.165, 1.54) is 18.3 Å². The van der Waals surface area contributed by atoms with Gasteiger partial charge >= 0.3 is 5.97 Å². The summed E-state index contributed by atoms with van der Waals surface area (Å²) in [5.41, 5.74) is 0.0222. The predicted octanol–water partition coefficient (Wildman–Crippen LogP) is 2.75. The standard InChI is InChI=1S/C11H7ClN2O3S/c12-8-5-13-11(18-8)14-9(15)6-3-1-2-4-7(6)10(16)17/h1-5H,(H,16,17)(H,13,14,15). The highest BCUT2D eigenvalue weighted by Crippen LogP contribution is 2.23. The molecule has 2 rings (SSSR count). The number of nitrogens with zero attached hydrogens (tertiary/aromatic N) is 1. The smallest absolute Gasteiger partial charge is 0.336 e. The van der Waals surface area contributed by atoms with E-state index >= 15 is 0 Å². The average molecular weight is 283 g/mol. The molecule has 0 bridgehead atoms. The van der Waals surface area contributed by atoms with Crippen molar-refractivity contribution in [2.75, 3.05) is 5.32 Å². The molecule has 92 valence electrons. The molecule has 2 aromatic rings. The number of carbonyl (C=O) groups is 2. The highest BCUT2D eigenvalue weighted by Gasteiger charge is 2.16. The Morgan fingerprint density at radius 2 is 1.94 bits per heavy atom.